The molecule has 84 valence electrons. The lowest BCUT2D eigenvalue weighted by atomic mass is 10.2. The van der Waals surface area contributed by atoms with E-state index in [9.17, 15) is 4.79 Å². The average Bonchev–Trinajstić information content (AvgIpc) is 2.30. The van der Waals surface area contributed by atoms with E-state index < -0.39 is 0 Å². The van der Waals surface area contributed by atoms with Crippen molar-refractivity contribution in [1.29, 1.82) is 5.26 Å². The van der Waals surface area contributed by atoms with Crippen LogP contribution in [0.4, 0.5) is 0 Å². The Morgan fingerprint density at radius 1 is 1.53 bits per heavy atom. The van der Waals surface area contributed by atoms with E-state index in [0.29, 0.717) is 13.1 Å². The second-order valence-corrected chi connectivity index (χ2v) is 3.14. The van der Waals surface area contributed by atoms with Crippen LogP contribution in [-0.4, -0.2) is 48.4 Å². The zero-order chi connectivity index (χ0) is 11.8. The highest BCUT2D eigenvalue weighted by atomic mass is 16.2. The van der Waals surface area contributed by atoms with Gasteiger partial charge in [0.1, 0.15) is 6.04 Å². The molecule has 1 fully saturated rings. The van der Waals surface area contributed by atoms with Gasteiger partial charge >= 0.3 is 0 Å². The molecule has 0 aromatic carbocycles. The Labute approximate surface area is 91.8 Å². The first kappa shape index (κ1) is 13.7. The van der Waals surface area contributed by atoms with Gasteiger partial charge < -0.3 is 9.80 Å². The van der Waals surface area contributed by atoms with E-state index in [0.717, 1.165) is 6.54 Å². The van der Waals surface area contributed by atoms with Crippen LogP contribution in [0.5, 0.6) is 0 Å². The third-order valence-electron chi connectivity index (χ3n) is 2.19. The van der Waals surface area contributed by atoms with Crippen molar-refractivity contribution in [1.82, 2.24) is 9.80 Å². The van der Waals surface area contributed by atoms with Gasteiger partial charge in [-0.3, -0.25) is 4.79 Å². The molecule has 1 unspecified atom stereocenters. The van der Waals surface area contributed by atoms with Gasteiger partial charge in [-0.2, -0.15) is 5.26 Å². The number of carbonyl (C=O) groups is 1. The van der Waals surface area contributed by atoms with E-state index >= 15 is 0 Å². The third kappa shape index (κ3) is 3.72. The van der Waals surface area contributed by atoms with Gasteiger partial charge in [0.2, 0.25) is 5.91 Å². The van der Waals surface area contributed by atoms with Gasteiger partial charge in [-0.15, -0.1) is 0 Å². The summed E-state index contributed by atoms with van der Waals surface area (Å²) in [5.74, 6) is -0.153. The van der Waals surface area contributed by atoms with E-state index in [1.165, 1.54) is 6.08 Å². The number of hydrogen-bond acceptors (Lipinski definition) is 3. The molecule has 0 saturated carbocycles. The van der Waals surface area contributed by atoms with Crippen molar-refractivity contribution in [3.05, 3.63) is 12.7 Å². The number of piperazine rings is 1. The minimum Gasteiger partial charge on any atom is -0.321 e. The number of hydrogen-bond donors (Lipinski definition) is 0. The maximum absolute atomic E-state index is 11.3. The molecule has 1 rings (SSSR count). The van der Waals surface area contributed by atoms with Crippen molar-refractivity contribution in [3.63, 3.8) is 0 Å². The van der Waals surface area contributed by atoms with Crippen molar-refractivity contribution in [2.45, 2.75) is 19.9 Å². The number of likely N-dealkylation sites (N-methyl/N-ethyl adjacent to an activating group) is 1. The maximum atomic E-state index is 11.3. The maximum Gasteiger partial charge on any atom is 0.247 e. The first-order valence-electron chi connectivity index (χ1n) is 5.20. The van der Waals surface area contributed by atoms with Crippen molar-refractivity contribution in [3.8, 4) is 6.07 Å². The lowest BCUT2D eigenvalue weighted by Gasteiger charge is -2.35. The van der Waals surface area contributed by atoms with Gasteiger partial charge in [0.25, 0.3) is 0 Å². The summed E-state index contributed by atoms with van der Waals surface area (Å²) in [6.45, 7) is 9.46. The summed E-state index contributed by atoms with van der Waals surface area (Å²) >= 11 is 0. The zero-order valence-electron chi connectivity index (χ0n) is 9.73. The highest BCUT2D eigenvalue weighted by Crippen LogP contribution is 2.07. The van der Waals surface area contributed by atoms with Crippen LogP contribution in [0, 0.1) is 11.3 Å². The van der Waals surface area contributed by atoms with Gasteiger partial charge in [0.15, 0.2) is 0 Å². The molecular weight excluding hydrogens is 190 g/mol. The van der Waals surface area contributed by atoms with Crippen LogP contribution < -0.4 is 0 Å². The molecule has 1 saturated heterocycles. The minimum absolute atomic E-state index is 0.153. The summed E-state index contributed by atoms with van der Waals surface area (Å²) in [5.41, 5.74) is 0. The molecule has 0 spiro atoms. The quantitative estimate of drug-likeness (QED) is 0.602. The molecule has 0 N–H and O–H groups in total. The van der Waals surface area contributed by atoms with Crippen LogP contribution in [-0.2, 0) is 4.79 Å². The highest BCUT2D eigenvalue weighted by molar-refractivity contribution is 5.87. The molecule has 0 radical (unpaired) electrons. The Balaban J connectivity index is 0.000000921. The molecule has 0 aromatic heterocycles. The summed E-state index contributed by atoms with van der Waals surface area (Å²) < 4.78 is 0. The minimum atomic E-state index is -0.329. The number of nitrogens with zero attached hydrogens (tertiary/aromatic N) is 3. The standard InChI is InChI=1S/C9H13N3O.C2H6/c1-3-9(13)12-5-4-11(2)7-8(12)6-10;1-2/h3,8H,1,4-5,7H2,2H3;1-2H3. The van der Waals surface area contributed by atoms with E-state index in [1.54, 1.807) is 4.90 Å². The molecule has 1 aliphatic rings. The lowest BCUT2D eigenvalue weighted by molar-refractivity contribution is -0.129. The van der Waals surface area contributed by atoms with Crippen molar-refractivity contribution in [2.75, 3.05) is 26.7 Å². The summed E-state index contributed by atoms with van der Waals surface area (Å²) in [6, 6.07) is 1.79. The molecule has 15 heavy (non-hydrogen) atoms. The first-order valence-corrected chi connectivity index (χ1v) is 5.20. The van der Waals surface area contributed by atoms with E-state index in [-0.39, 0.29) is 11.9 Å². The average molecular weight is 209 g/mol. The Hall–Kier alpha value is -1.34. The Morgan fingerprint density at radius 3 is 2.60 bits per heavy atom. The zero-order valence-corrected chi connectivity index (χ0v) is 9.73. The van der Waals surface area contributed by atoms with Crippen LogP contribution in [0.3, 0.4) is 0 Å². The second kappa shape index (κ2) is 7.02. The van der Waals surface area contributed by atoms with E-state index in [2.05, 4.69) is 12.6 Å². The Kier molecular flexibility index (Phi) is 6.39. The SMILES string of the molecule is C=CC(=O)N1CCN(C)CC1C#N.CC. The molecule has 0 aliphatic carbocycles. The van der Waals surface area contributed by atoms with Crippen molar-refractivity contribution < 1.29 is 4.79 Å². The predicted molar refractivity (Wildman–Crippen MR) is 60.2 cm³/mol. The third-order valence-corrected chi connectivity index (χ3v) is 2.19. The van der Waals surface area contributed by atoms with Gasteiger partial charge in [-0.05, 0) is 13.1 Å². The summed E-state index contributed by atoms with van der Waals surface area (Å²) in [6.07, 6.45) is 1.26. The van der Waals surface area contributed by atoms with Gasteiger partial charge in [-0.25, -0.2) is 0 Å². The van der Waals surface area contributed by atoms with E-state index in [1.807, 2.05) is 25.8 Å². The summed E-state index contributed by atoms with van der Waals surface area (Å²) in [4.78, 5) is 14.9. The van der Waals surface area contributed by atoms with Crippen LogP contribution in [0.2, 0.25) is 0 Å². The largest absolute Gasteiger partial charge is 0.321 e. The fourth-order valence-corrected chi connectivity index (χ4v) is 1.41. The monoisotopic (exact) mass is 209 g/mol. The van der Waals surface area contributed by atoms with E-state index in [4.69, 9.17) is 5.26 Å². The number of nitriles is 1. The summed E-state index contributed by atoms with van der Waals surface area (Å²) in [5, 5.41) is 8.82. The van der Waals surface area contributed by atoms with Gasteiger partial charge in [-0.1, -0.05) is 20.4 Å². The molecule has 1 amide bonds. The van der Waals surface area contributed by atoms with Crippen LogP contribution in [0.25, 0.3) is 0 Å². The van der Waals surface area contributed by atoms with Crippen LogP contribution in [0.1, 0.15) is 13.8 Å². The molecule has 4 heteroatoms. The Morgan fingerprint density at radius 2 is 2.13 bits per heavy atom. The second-order valence-electron chi connectivity index (χ2n) is 3.14. The number of rotatable bonds is 1. The molecule has 0 bridgehead atoms. The smallest absolute Gasteiger partial charge is 0.247 e. The first-order chi connectivity index (χ1) is 7.19. The van der Waals surface area contributed by atoms with Gasteiger partial charge in [0, 0.05) is 19.6 Å². The van der Waals surface area contributed by atoms with Crippen LogP contribution >= 0.6 is 0 Å². The highest BCUT2D eigenvalue weighted by Gasteiger charge is 2.27. The predicted octanol–water partition coefficient (Wildman–Crippen LogP) is 0.865. The topological polar surface area (TPSA) is 47.3 Å². The molecule has 1 aliphatic heterocycles. The molecule has 1 atom stereocenters. The van der Waals surface area contributed by atoms with Gasteiger partial charge in [0.05, 0.1) is 6.07 Å². The number of carbonyl (C=O) groups excluding carboxylic acids is 1. The summed E-state index contributed by atoms with van der Waals surface area (Å²) in [7, 11) is 1.94. The van der Waals surface area contributed by atoms with Crippen molar-refractivity contribution in [2.24, 2.45) is 0 Å². The van der Waals surface area contributed by atoms with Crippen molar-refractivity contribution >= 4 is 5.91 Å². The molecule has 1 heterocycles. The fraction of sp³-hybridized carbons (Fsp3) is 0.636. The molecule has 4 nitrogen and oxygen atoms in total. The normalized spacial score (nSPS) is 20.9. The van der Waals surface area contributed by atoms with Crippen LogP contribution in [0.15, 0.2) is 12.7 Å². The Bertz CT molecular complexity index is 257. The lowest BCUT2D eigenvalue weighted by Crippen LogP contribution is -2.53. The number of amides is 1. The fourth-order valence-electron chi connectivity index (χ4n) is 1.41. The molecular formula is C11H19N3O. The molecule has 0 aromatic rings.